The maximum atomic E-state index is 5.23. The highest BCUT2D eigenvalue weighted by Gasteiger charge is 2.02. The number of nitrogens with two attached hydrogens (primary N) is 1. The first kappa shape index (κ1) is 8.39. The Hall–Kier alpha value is -1.71. The molecule has 0 saturated carbocycles. The van der Waals surface area contributed by atoms with Crippen molar-refractivity contribution in [2.24, 2.45) is 5.73 Å². The van der Waals surface area contributed by atoms with Crippen molar-refractivity contribution in [2.75, 3.05) is 7.05 Å². The highest BCUT2D eigenvalue weighted by Crippen LogP contribution is 2.09. The van der Waals surface area contributed by atoms with Crippen LogP contribution in [0.3, 0.4) is 0 Å². The SMILES string of the molecule is C=C(c1ncc[nH]1)N(C)/C=C\N. The molecule has 4 nitrogen and oxygen atoms in total. The Morgan fingerprint density at radius 3 is 3.08 bits per heavy atom. The van der Waals surface area contributed by atoms with E-state index in [-0.39, 0.29) is 0 Å². The van der Waals surface area contributed by atoms with Gasteiger partial charge in [-0.2, -0.15) is 0 Å². The molecule has 0 aliphatic rings. The number of nitrogens with zero attached hydrogens (tertiary/aromatic N) is 2. The average molecular weight is 164 g/mol. The quantitative estimate of drug-likeness (QED) is 0.692. The van der Waals surface area contributed by atoms with Gasteiger partial charge in [0.1, 0.15) is 0 Å². The van der Waals surface area contributed by atoms with Crippen molar-refractivity contribution >= 4 is 5.70 Å². The Labute approximate surface area is 71.4 Å². The molecule has 4 heteroatoms. The number of rotatable bonds is 3. The lowest BCUT2D eigenvalue weighted by Gasteiger charge is -2.13. The molecule has 0 unspecified atom stereocenters. The van der Waals surface area contributed by atoms with Crippen LogP contribution in [0.4, 0.5) is 0 Å². The van der Waals surface area contributed by atoms with Crippen LogP contribution in [0.1, 0.15) is 5.82 Å². The number of hydrogen-bond acceptors (Lipinski definition) is 3. The van der Waals surface area contributed by atoms with Crippen LogP contribution in [-0.4, -0.2) is 21.9 Å². The van der Waals surface area contributed by atoms with Gasteiger partial charge in [-0.3, -0.25) is 0 Å². The zero-order valence-corrected chi connectivity index (χ0v) is 6.99. The maximum absolute atomic E-state index is 5.23. The van der Waals surface area contributed by atoms with Crippen molar-refractivity contribution in [3.8, 4) is 0 Å². The lowest BCUT2D eigenvalue weighted by Crippen LogP contribution is -2.09. The van der Waals surface area contributed by atoms with E-state index in [0.717, 1.165) is 11.5 Å². The number of hydrogen-bond donors (Lipinski definition) is 2. The zero-order valence-electron chi connectivity index (χ0n) is 6.99. The van der Waals surface area contributed by atoms with Crippen LogP contribution >= 0.6 is 0 Å². The van der Waals surface area contributed by atoms with Crippen LogP contribution in [0.15, 0.2) is 31.4 Å². The maximum Gasteiger partial charge on any atom is 0.153 e. The molecule has 1 heterocycles. The zero-order chi connectivity index (χ0) is 8.97. The summed E-state index contributed by atoms with van der Waals surface area (Å²) in [5.41, 5.74) is 6.01. The minimum absolute atomic E-state index is 0.746. The van der Waals surface area contributed by atoms with Crippen LogP contribution in [-0.2, 0) is 0 Å². The number of H-pyrrole nitrogens is 1. The fourth-order valence-electron chi connectivity index (χ4n) is 0.809. The van der Waals surface area contributed by atoms with E-state index in [1.807, 2.05) is 7.05 Å². The Balaban J connectivity index is 2.72. The second kappa shape index (κ2) is 3.61. The highest BCUT2D eigenvalue weighted by molar-refractivity contribution is 5.55. The van der Waals surface area contributed by atoms with Crippen molar-refractivity contribution in [3.05, 3.63) is 37.2 Å². The first-order valence-electron chi connectivity index (χ1n) is 3.55. The smallest absolute Gasteiger partial charge is 0.153 e. The molecular formula is C8H12N4. The lowest BCUT2D eigenvalue weighted by atomic mass is 10.4. The van der Waals surface area contributed by atoms with Crippen LogP contribution in [0.5, 0.6) is 0 Å². The van der Waals surface area contributed by atoms with Crippen LogP contribution in [0.25, 0.3) is 5.70 Å². The highest BCUT2D eigenvalue weighted by atomic mass is 15.1. The van der Waals surface area contributed by atoms with Gasteiger partial charge in [0.15, 0.2) is 5.82 Å². The van der Waals surface area contributed by atoms with Crippen molar-refractivity contribution in [1.29, 1.82) is 0 Å². The molecule has 0 saturated heterocycles. The molecule has 0 fully saturated rings. The molecule has 0 amide bonds. The van der Waals surface area contributed by atoms with Crippen LogP contribution in [0, 0.1) is 0 Å². The molecule has 64 valence electrons. The molecule has 1 aromatic heterocycles. The summed E-state index contributed by atoms with van der Waals surface area (Å²) >= 11 is 0. The first-order chi connectivity index (χ1) is 5.75. The Morgan fingerprint density at radius 1 is 1.83 bits per heavy atom. The Morgan fingerprint density at radius 2 is 2.58 bits per heavy atom. The number of aromatic nitrogens is 2. The Bertz CT molecular complexity index is 273. The van der Waals surface area contributed by atoms with Gasteiger partial charge in [-0.25, -0.2) is 4.98 Å². The lowest BCUT2D eigenvalue weighted by molar-refractivity contribution is 0.648. The van der Waals surface area contributed by atoms with E-state index in [1.54, 1.807) is 23.5 Å². The van der Waals surface area contributed by atoms with Gasteiger partial charge in [-0.1, -0.05) is 6.58 Å². The summed E-state index contributed by atoms with van der Waals surface area (Å²) in [7, 11) is 1.86. The molecule has 3 N–H and O–H groups in total. The summed E-state index contributed by atoms with van der Waals surface area (Å²) < 4.78 is 0. The molecular weight excluding hydrogens is 152 g/mol. The first-order valence-corrected chi connectivity index (χ1v) is 3.55. The van der Waals surface area contributed by atoms with Crippen molar-refractivity contribution in [1.82, 2.24) is 14.9 Å². The molecule has 0 aromatic carbocycles. The summed E-state index contributed by atoms with van der Waals surface area (Å²) in [5.74, 6) is 0.746. The minimum Gasteiger partial charge on any atom is -0.403 e. The molecule has 0 bridgehead atoms. The molecule has 0 radical (unpaired) electrons. The van der Waals surface area contributed by atoms with Gasteiger partial charge in [-0.05, 0) is 0 Å². The van der Waals surface area contributed by atoms with E-state index in [9.17, 15) is 0 Å². The molecule has 1 aromatic rings. The second-order valence-corrected chi connectivity index (χ2v) is 2.34. The number of imidazole rings is 1. The summed E-state index contributed by atoms with van der Waals surface area (Å²) in [6.07, 6.45) is 6.60. The molecule has 0 atom stereocenters. The predicted octanol–water partition coefficient (Wildman–Crippen LogP) is 0.742. The van der Waals surface area contributed by atoms with Gasteiger partial charge in [0, 0.05) is 31.8 Å². The topological polar surface area (TPSA) is 57.9 Å². The summed E-state index contributed by atoms with van der Waals surface area (Å²) in [4.78, 5) is 8.79. The average Bonchev–Trinajstić information content (AvgIpc) is 2.55. The molecule has 0 aliphatic carbocycles. The molecule has 12 heavy (non-hydrogen) atoms. The largest absolute Gasteiger partial charge is 0.403 e. The second-order valence-electron chi connectivity index (χ2n) is 2.34. The monoisotopic (exact) mass is 164 g/mol. The molecule has 0 spiro atoms. The van der Waals surface area contributed by atoms with E-state index < -0.39 is 0 Å². The van der Waals surface area contributed by atoms with Crippen molar-refractivity contribution < 1.29 is 0 Å². The van der Waals surface area contributed by atoms with Gasteiger partial charge in [0.2, 0.25) is 0 Å². The fraction of sp³-hybridized carbons (Fsp3) is 0.125. The molecule has 1 rings (SSSR count). The van der Waals surface area contributed by atoms with Crippen molar-refractivity contribution in [3.63, 3.8) is 0 Å². The van der Waals surface area contributed by atoms with Gasteiger partial charge in [0.05, 0.1) is 5.70 Å². The van der Waals surface area contributed by atoms with Crippen molar-refractivity contribution in [2.45, 2.75) is 0 Å². The van der Waals surface area contributed by atoms with E-state index in [4.69, 9.17) is 5.73 Å². The van der Waals surface area contributed by atoms with E-state index in [0.29, 0.717) is 0 Å². The fourth-order valence-corrected chi connectivity index (χ4v) is 0.809. The predicted molar refractivity (Wildman–Crippen MR) is 48.7 cm³/mol. The summed E-state index contributed by atoms with van der Waals surface area (Å²) in [6.45, 7) is 3.84. The standard InChI is InChI=1S/C8H12N4/c1-7(12(2)6-3-9)8-10-4-5-11-8/h3-6H,1,9H2,2H3,(H,10,11)/b6-3-. The third-order valence-corrected chi connectivity index (χ3v) is 1.51. The number of aromatic amines is 1. The van der Waals surface area contributed by atoms with Crippen LogP contribution < -0.4 is 5.73 Å². The Kier molecular flexibility index (Phi) is 2.53. The normalized spacial score (nSPS) is 10.4. The van der Waals surface area contributed by atoms with E-state index in [2.05, 4.69) is 16.5 Å². The summed E-state index contributed by atoms with van der Waals surface area (Å²) in [5, 5.41) is 0. The van der Waals surface area contributed by atoms with Crippen LogP contribution in [0.2, 0.25) is 0 Å². The number of nitrogens with one attached hydrogen (secondary N) is 1. The van der Waals surface area contributed by atoms with Gasteiger partial charge < -0.3 is 15.6 Å². The molecule has 0 aliphatic heterocycles. The van der Waals surface area contributed by atoms with Gasteiger partial charge in [0.25, 0.3) is 0 Å². The summed E-state index contributed by atoms with van der Waals surface area (Å²) in [6, 6.07) is 0. The minimum atomic E-state index is 0.746. The van der Waals surface area contributed by atoms with E-state index >= 15 is 0 Å². The third-order valence-electron chi connectivity index (χ3n) is 1.51. The van der Waals surface area contributed by atoms with E-state index in [1.165, 1.54) is 6.20 Å². The van der Waals surface area contributed by atoms with Gasteiger partial charge >= 0.3 is 0 Å². The van der Waals surface area contributed by atoms with Gasteiger partial charge in [-0.15, -0.1) is 0 Å². The third kappa shape index (κ3) is 1.66.